The molecule has 3 aromatic heterocycles. The third-order valence-corrected chi connectivity index (χ3v) is 5.75. The minimum absolute atomic E-state index is 0.0551. The maximum atomic E-state index is 13.0. The van der Waals surface area contributed by atoms with Gasteiger partial charge in [0.25, 0.3) is 6.43 Å². The zero-order valence-corrected chi connectivity index (χ0v) is 15.9. The van der Waals surface area contributed by atoms with Crippen LogP contribution in [-0.4, -0.2) is 58.1 Å². The van der Waals surface area contributed by atoms with Crippen LogP contribution in [0.1, 0.15) is 18.5 Å². The SMILES string of the molecule is CS(=O)(=O)CC1CCN(c2cc(-c3cnc4ccc(C(F)F)nn34)ncn2)C1. The van der Waals surface area contributed by atoms with Gasteiger partial charge in [-0.05, 0) is 24.5 Å². The molecule has 1 fully saturated rings. The molecule has 1 unspecified atom stereocenters. The maximum Gasteiger partial charge on any atom is 0.282 e. The second kappa shape index (κ2) is 7.04. The average Bonchev–Trinajstić information content (AvgIpc) is 3.26. The van der Waals surface area contributed by atoms with Crippen molar-refractivity contribution in [3.8, 4) is 11.4 Å². The van der Waals surface area contributed by atoms with Gasteiger partial charge in [-0.2, -0.15) is 5.10 Å². The lowest BCUT2D eigenvalue weighted by Gasteiger charge is -2.17. The Kier molecular flexibility index (Phi) is 4.69. The van der Waals surface area contributed by atoms with E-state index in [0.717, 1.165) is 6.42 Å². The molecule has 0 spiro atoms. The number of aromatic nitrogens is 5. The van der Waals surface area contributed by atoms with Crippen molar-refractivity contribution in [3.05, 3.63) is 36.4 Å². The van der Waals surface area contributed by atoms with E-state index in [0.29, 0.717) is 35.9 Å². The summed E-state index contributed by atoms with van der Waals surface area (Å²) >= 11 is 0. The molecule has 0 bridgehead atoms. The summed E-state index contributed by atoms with van der Waals surface area (Å²) in [6.07, 6.45) is 2.24. The molecule has 0 saturated carbocycles. The van der Waals surface area contributed by atoms with Crippen LogP contribution in [0, 0.1) is 5.92 Å². The Hall–Kier alpha value is -2.69. The van der Waals surface area contributed by atoms with E-state index in [1.807, 2.05) is 4.90 Å². The van der Waals surface area contributed by atoms with Crippen LogP contribution in [0.15, 0.2) is 30.7 Å². The zero-order valence-electron chi connectivity index (χ0n) is 15.0. The second-order valence-corrected chi connectivity index (χ2v) is 9.11. The van der Waals surface area contributed by atoms with Crippen LogP contribution < -0.4 is 4.90 Å². The molecule has 148 valence electrons. The van der Waals surface area contributed by atoms with Gasteiger partial charge in [0.1, 0.15) is 33.4 Å². The molecule has 0 N–H and O–H groups in total. The Bertz CT molecular complexity index is 1120. The van der Waals surface area contributed by atoms with Gasteiger partial charge in [0.05, 0.1) is 17.6 Å². The molecular formula is C17H18F2N6O2S. The molecule has 1 aliphatic rings. The van der Waals surface area contributed by atoms with Gasteiger partial charge in [-0.25, -0.2) is 36.7 Å². The number of fused-ring (bicyclic) bond motifs is 1. The molecule has 4 heterocycles. The summed E-state index contributed by atoms with van der Waals surface area (Å²) in [6.45, 7) is 1.28. The molecule has 1 saturated heterocycles. The molecule has 1 aliphatic heterocycles. The minimum atomic E-state index is -3.03. The topological polar surface area (TPSA) is 93.4 Å². The number of rotatable bonds is 5. The zero-order chi connectivity index (χ0) is 19.9. The molecule has 8 nitrogen and oxygen atoms in total. The van der Waals surface area contributed by atoms with Gasteiger partial charge in [-0.15, -0.1) is 0 Å². The highest BCUT2D eigenvalue weighted by atomic mass is 32.2. The summed E-state index contributed by atoms with van der Waals surface area (Å²) < 4.78 is 50.4. The van der Waals surface area contributed by atoms with Gasteiger partial charge >= 0.3 is 0 Å². The Labute approximate surface area is 160 Å². The molecular weight excluding hydrogens is 390 g/mol. The minimum Gasteiger partial charge on any atom is -0.356 e. The van der Waals surface area contributed by atoms with Gasteiger partial charge in [0.2, 0.25) is 0 Å². The number of sulfone groups is 1. The Balaban J connectivity index is 1.63. The normalized spacial score (nSPS) is 17.7. The maximum absolute atomic E-state index is 13.0. The molecule has 4 rings (SSSR count). The number of anilines is 1. The predicted octanol–water partition coefficient (Wildman–Crippen LogP) is 1.99. The molecule has 0 aliphatic carbocycles. The van der Waals surface area contributed by atoms with E-state index >= 15 is 0 Å². The molecule has 0 aromatic carbocycles. The monoisotopic (exact) mass is 408 g/mol. The van der Waals surface area contributed by atoms with Gasteiger partial charge in [0, 0.05) is 25.4 Å². The summed E-state index contributed by atoms with van der Waals surface area (Å²) in [5, 5.41) is 3.95. The molecule has 0 amide bonds. The summed E-state index contributed by atoms with van der Waals surface area (Å²) in [6, 6.07) is 4.47. The smallest absolute Gasteiger partial charge is 0.282 e. The van der Waals surface area contributed by atoms with Crippen molar-refractivity contribution >= 4 is 21.3 Å². The lowest BCUT2D eigenvalue weighted by Crippen LogP contribution is -2.23. The number of hydrogen-bond acceptors (Lipinski definition) is 7. The van der Waals surface area contributed by atoms with E-state index in [-0.39, 0.29) is 17.4 Å². The van der Waals surface area contributed by atoms with E-state index in [2.05, 4.69) is 20.1 Å². The van der Waals surface area contributed by atoms with Gasteiger partial charge in [-0.3, -0.25) is 0 Å². The van der Waals surface area contributed by atoms with Crippen molar-refractivity contribution in [1.29, 1.82) is 0 Å². The van der Waals surface area contributed by atoms with Crippen LogP contribution in [0.4, 0.5) is 14.6 Å². The van der Waals surface area contributed by atoms with Crippen molar-refractivity contribution in [2.75, 3.05) is 30.0 Å². The van der Waals surface area contributed by atoms with Crippen molar-refractivity contribution < 1.29 is 17.2 Å². The first-order chi connectivity index (χ1) is 13.3. The molecule has 3 aromatic rings. The summed E-state index contributed by atoms with van der Waals surface area (Å²) in [5.74, 6) is 0.857. The van der Waals surface area contributed by atoms with E-state index in [9.17, 15) is 17.2 Å². The fraction of sp³-hybridized carbons (Fsp3) is 0.412. The standard InChI is InChI=1S/C17H18F2N6O2S/c1-28(26,27)9-11-4-5-24(8-11)16-6-13(21-10-22-16)14-7-20-15-3-2-12(17(18)19)23-25(14)15/h2-3,6-7,10-11,17H,4-5,8-9H2,1H3. The van der Waals surface area contributed by atoms with Crippen LogP contribution in [-0.2, 0) is 9.84 Å². The quantitative estimate of drug-likeness (QED) is 0.637. The van der Waals surface area contributed by atoms with Crippen LogP contribution >= 0.6 is 0 Å². The summed E-state index contributed by atoms with van der Waals surface area (Å²) in [4.78, 5) is 14.7. The first-order valence-corrected chi connectivity index (χ1v) is 10.7. The highest BCUT2D eigenvalue weighted by molar-refractivity contribution is 7.90. The van der Waals surface area contributed by atoms with Crippen molar-refractivity contribution in [3.63, 3.8) is 0 Å². The van der Waals surface area contributed by atoms with Crippen LogP contribution in [0.2, 0.25) is 0 Å². The number of nitrogens with zero attached hydrogens (tertiary/aromatic N) is 6. The van der Waals surface area contributed by atoms with E-state index < -0.39 is 16.3 Å². The fourth-order valence-electron chi connectivity index (χ4n) is 3.44. The Morgan fingerprint density at radius 1 is 1.25 bits per heavy atom. The predicted molar refractivity (Wildman–Crippen MR) is 99.0 cm³/mol. The van der Waals surface area contributed by atoms with Crippen LogP contribution in [0.5, 0.6) is 0 Å². The summed E-state index contributed by atoms with van der Waals surface area (Å²) in [7, 11) is -3.03. The number of hydrogen-bond donors (Lipinski definition) is 0. The molecule has 1 atom stereocenters. The van der Waals surface area contributed by atoms with Gasteiger partial charge in [0.15, 0.2) is 5.65 Å². The Morgan fingerprint density at radius 2 is 2.07 bits per heavy atom. The van der Waals surface area contributed by atoms with Crippen molar-refractivity contribution in [2.24, 2.45) is 5.92 Å². The third kappa shape index (κ3) is 3.79. The molecule has 0 radical (unpaired) electrons. The Morgan fingerprint density at radius 3 is 2.82 bits per heavy atom. The van der Waals surface area contributed by atoms with Gasteiger partial charge < -0.3 is 4.90 Å². The lowest BCUT2D eigenvalue weighted by molar-refractivity contribution is 0.144. The molecule has 28 heavy (non-hydrogen) atoms. The van der Waals surface area contributed by atoms with Gasteiger partial charge in [-0.1, -0.05) is 0 Å². The van der Waals surface area contributed by atoms with Crippen LogP contribution in [0.3, 0.4) is 0 Å². The first kappa shape index (κ1) is 18.7. The first-order valence-electron chi connectivity index (χ1n) is 8.68. The van der Waals surface area contributed by atoms with Crippen molar-refractivity contribution in [1.82, 2.24) is 24.6 Å². The highest BCUT2D eigenvalue weighted by Crippen LogP contribution is 2.27. The summed E-state index contributed by atoms with van der Waals surface area (Å²) in [5.41, 5.74) is 1.08. The van der Waals surface area contributed by atoms with E-state index in [4.69, 9.17) is 0 Å². The van der Waals surface area contributed by atoms with Crippen molar-refractivity contribution in [2.45, 2.75) is 12.8 Å². The van der Waals surface area contributed by atoms with E-state index in [1.54, 1.807) is 6.07 Å². The van der Waals surface area contributed by atoms with E-state index in [1.165, 1.54) is 35.4 Å². The van der Waals surface area contributed by atoms with Crippen LogP contribution in [0.25, 0.3) is 17.0 Å². The third-order valence-electron chi connectivity index (χ3n) is 4.67. The largest absolute Gasteiger partial charge is 0.356 e. The molecule has 11 heteroatoms. The lowest BCUT2D eigenvalue weighted by atomic mass is 10.2. The highest BCUT2D eigenvalue weighted by Gasteiger charge is 2.27. The average molecular weight is 408 g/mol. The second-order valence-electron chi connectivity index (χ2n) is 6.93. The number of halogens is 2. The number of alkyl halides is 2. The fourth-order valence-corrected chi connectivity index (χ4v) is 4.57. The number of imidazole rings is 1.